The number of ether oxygens (including phenoxy) is 3. The lowest BCUT2D eigenvalue weighted by molar-refractivity contribution is 0.0591. The van der Waals surface area contributed by atoms with E-state index >= 15 is 0 Å². The Morgan fingerprint density at radius 3 is 1.67 bits per heavy atom. The lowest BCUT2D eigenvalue weighted by Gasteiger charge is -2.09. The normalized spacial score (nSPS) is 9.93. The van der Waals surface area contributed by atoms with Crippen LogP contribution in [0.3, 0.4) is 0 Å². The Morgan fingerprint density at radius 2 is 1.16 bits per heavy atom. The van der Waals surface area contributed by atoms with Crippen molar-refractivity contribution in [1.29, 1.82) is 0 Å². The predicted molar refractivity (Wildman–Crippen MR) is 188 cm³/mol. The van der Waals surface area contributed by atoms with Crippen LogP contribution in [-0.4, -0.2) is 31.3 Å². The lowest BCUT2D eigenvalue weighted by Crippen LogP contribution is -2.03. The van der Waals surface area contributed by atoms with Crippen LogP contribution in [0.25, 0.3) is 0 Å². The highest BCUT2D eigenvalue weighted by Crippen LogP contribution is 2.25. The number of alkyl halides is 3. The third-order valence-electron chi connectivity index (χ3n) is 5.59. The van der Waals surface area contributed by atoms with Gasteiger partial charge in [-0.15, -0.1) is 0 Å². The number of hydrogen-bond donors (Lipinski definition) is 1. The molecule has 6 nitrogen and oxygen atoms in total. The molecule has 0 saturated carbocycles. The van der Waals surface area contributed by atoms with Crippen LogP contribution in [0.1, 0.15) is 43.0 Å². The fourth-order valence-electron chi connectivity index (χ4n) is 3.38. The first-order valence-electron chi connectivity index (χ1n) is 12.6. The highest BCUT2D eigenvalue weighted by molar-refractivity contribution is 9.11. The van der Waals surface area contributed by atoms with Crippen LogP contribution >= 0.6 is 79.6 Å². The summed E-state index contributed by atoms with van der Waals surface area (Å²) in [5, 5.41) is 11.3. The van der Waals surface area contributed by atoms with Crippen LogP contribution in [0.2, 0.25) is 0 Å². The zero-order chi connectivity index (χ0) is 31.8. The van der Waals surface area contributed by atoms with Crippen molar-refractivity contribution in [3.63, 3.8) is 0 Å². The first-order valence-corrected chi connectivity index (χ1v) is 17.5. The molecule has 1 N–H and O–H groups in total. The minimum absolute atomic E-state index is 0.294. The fraction of sp³-hybridized carbons (Fsp3) is 0.188. The fourth-order valence-corrected chi connectivity index (χ4v) is 6.18. The van der Waals surface area contributed by atoms with Crippen molar-refractivity contribution in [1.82, 2.24) is 0 Å². The van der Waals surface area contributed by atoms with E-state index in [4.69, 9.17) is 14.6 Å². The average molecular weight is 909 g/mol. The zero-order valence-electron chi connectivity index (χ0n) is 23.3. The summed E-state index contributed by atoms with van der Waals surface area (Å²) in [5.74, 6) is 0.452. The van der Waals surface area contributed by atoms with Crippen molar-refractivity contribution in [3.05, 3.63) is 127 Å². The molecule has 11 heteroatoms. The molecule has 0 aliphatic carbocycles. The number of esters is 2. The van der Waals surface area contributed by atoms with E-state index in [1.165, 1.54) is 14.2 Å². The van der Waals surface area contributed by atoms with Gasteiger partial charge in [0.2, 0.25) is 0 Å². The summed E-state index contributed by atoms with van der Waals surface area (Å²) in [4.78, 5) is 22.5. The van der Waals surface area contributed by atoms with Crippen molar-refractivity contribution in [2.45, 2.75) is 22.6 Å². The molecule has 4 aromatic carbocycles. The Labute approximate surface area is 293 Å². The highest BCUT2D eigenvalue weighted by atomic mass is 79.9. The van der Waals surface area contributed by atoms with E-state index in [9.17, 15) is 9.59 Å². The summed E-state index contributed by atoms with van der Waals surface area (Å²) >= 11 is 16.9. The first kappa shape index (κ1) is 37.0. The van der Waals surface area contributed by atoms with E-state index in [0.717, 1.165) is 52.9 Å². The lowest BCUT2D eigenvalue weighted by atomic mass is 10.1. The van der Waals surface area contributed by atoms with Crippen molar-refractivity contribution in [2.75, 3.05) is 14.2 Å². The van der Waals surface area contributed by atoms with Gasteiger partial charge in [0.25, 0.3) is 0 Å². The van der Waals surface area contributed by atoms with Crippen LogP contribution in [0, 0.1) is 0 Å². The van der Waals surface area contributed by atoms with Gasteiger partial charge in [0.1, 0.15) is 18.1 Å². The molecule has 0 saturated heterocycles. The second kappa shape index (κ2) is 20.0. The molecule has 0 fully saturated rings. The summed E-state index contributed by atoms with van der Waals surface area (Å²) in [5.41, 5.74) is 5.28. The standard InChI is InChI=1S/C16H14Br2O3.C9H9BrO2.C7H6Br2O/c1-20-16(19)12-4-2-3-11(7-12)10-21-14-5-6-15(18)13(8-14)9-17;1-12-9(11)8-4-2-3-7(5-8)6-10;8-4-5-3-6(10)1-2-7(5)9/h2-8H,9-10H2,1H3;2-5H,6H2,1H3;1-3,10H,4H2. The van der Waals surface area contributed by atoms with E-state index in [-0.39, 0.29) is 11.9 Å². The molecule has 4 rings (SSSR count). The summed E-state index contributed by atoms with van der Waals surface area (Å²) in [6, 6.07) is 25.6. The van der Waals surface area contributed by atoms with Crippen LogP contribution in [0.4, 0.5) is 0 Å². The second-order valence-electron chi connectivity index (χ2n) is 8.60. The van der Waals surface area contributed by atoms with E-state index in [1.807, 2.05) is 48.5 Å². The maximum atomic E-state index is 11.5. The molecular formula is C32H29Br5O6. The topological polar surface area (TPSA) is 82.1 Å². The number of rotatable bonds is 8. The van der Waals surface area contributed by atoms with Gasteiger partial charge in [0.15, 0.2) is 0 Å². The first-order chi connectivity index (χ1) is 20.6. The van der Waals surface area contributed by atoms with Gasteiger partial charge in [-0.05, 0) is 82.9 Å². The van der Waals surface area contributed by atoms with E-state index in [2.05, 4.69) is 84.4 Å². The summed E-state index contributed by atoms with van der Waals surface area (Å²) in [6.45, 7) is 0.397. The number of hydrogen-bond acceptors (Lipinski definition) is 6. The second-order valence-corrected chi connectivity index (χ2v) is 12.0. The molecule has 4 aromatic rings. The van der Waals surface area contributed by atoms with E-state index < -0.39 is 0 Å². The quantitative estimate of drug-likeness (QED) is 0.140. The third kappa shape index (κ3) is 12.8. The van der Waals surface area contributed by atoms with Gasteiger partial charge in [-0.25, -0.2) is 9.59 Å². The number of halogens is 5. The smallest absolute Gasteiger partial charge is 0.337 e. The Bertz CT molecular complexity index is 1500. The number of benzene rings is 4. The SMILES string of the molecule is COC(=O)c1cccc(CBr)c1.COC(=O)c1cccc(COc2ccc(Br)c(CBr)c2)c1.Oc1ccc(Br)c(CBr)c1. The van der Waals surface area contributed by atoms with Crippen LogP contribution in [0.5, 0.6) is 11.5 Å². The van der Waals surface area contributed by atoms with Crippen LogP contribution in [0.15, 0.2) is 93.9 Å². The van der Waals surface area contributed by atoms with Gasteiger partial charge < -0.3 is 19.3 Å². The number of aromatic hydroxyl groups is 1. The van der Waals surface area contributed by atoms with Crippen LogP contribution in [-0.2, 0) is 32.1 Å². The van der Waals surface area contributed by atoms with Crippen LogP contribution < -0.4 is 4.74 Å². The molecule has 0 heterocycles. The summed E-state index contributed by atoms with van der Waals surface area (Å²) in [6.07, 6.45) is 0. The zero-order valence-corrected chi connectivity index (χ0v) is 31.2. The van der Waals surface area contributed by atoms with Crippen molar-refractivity contribution in [2.24, 2.45) is 0 Å². The number of carbonyl (C=O) groups is 2. The number of phenols is 1. The molecular weight excluding hydrogens is 880 g/mol. The van der Waals surface area contributed by atoms with E-state index in [1.54, 1.807) is 36.4 Å². The molecule has 0 aromatic heterocycles. The number of methoxy groups -OCH3 is 2. The van der Waals surface area contributed by atoms with Gasteiger partial charge in [-0.1, -0.05) is 104 Å². The summed E-state index contributed by atoms with van der Waals surface area (Å²) in [7, 11) is 2.75. The maximum Gasteiger partial charge on any atom is 0.337 e. The van der Waals surface area contributed by atoms with Crippen molar-refractivity contribution in [3.8, 4) is 11.5 Å². The van der Waals surface area contributed by atoms with Gasteiger partial charge in [0.05, 0.1) is 25.3 Å². The Kier molecular flexibility index (Phi) is 17.2. The molecule has 0 aliphatic rings. The molecule has 0 amide bonds. The largest absolute Gasteiger partial charge is 0.508 e. The van der Waals surface area contributed by atoms with Gasteiger partial charge in [-0.2, -0.15) is 0 Å². The molecule has 0 atom stereocenters. The highest BCUT2D eigenvalue weighted by Gasteiger charge is 2.07. The Hall–Kier alpha value is -2.18. The van der Waals surface area contributed by atoms with Crippen molar-refractivity contribution < 1.29 is 28.9 Å². The van der Waals surface area contributed by atoms with Gasteiger partial charge in [0, 0.05) is 24.9 Å². The summed E-state index contributed by atoms with van der Waals surface area (Å²) < 4.78 is 17.1. The Morgan fingerprint density at radius 1 is 0.651 bits per heavy atom. The molecule has 228 valence electrons. The third-order valence-corrected chi connectivity index (χ3v) is 8.99. The number of carbonyl (C=O) groups excluding carboxylic acids is 2. The molecule has 0 radical (unpaired) electrons. The molecule has 0 unspecified atom stereocenters. The van der Waals surface area contributed by atoms with Gasteiger partial charge in [-0.3, -0.25) is 0 Å². The maximum absolute atomic E-state index is 11.5. The predicted octanol–water partition coefficient (Wildman–Crippen LogP) is 10.1. The molecule has 0 spiro atoms. The average Bonchev–Trinajstić information content (AvgIpc) is 3.05. The minimum Gasteiger partial charge on any atom is -0.508 e. The monoisotopic (exact) mass is 904 g/mol. The molecule has 0 bridgehead atoms. The van der Waals surface area contributed by atoms with Crippen molar-refractivity contribution >= 4 is 91.6 Å². The molecule has 43 heavy (non-hydrogen) atoms. The van der Waals surface area contributed by atoms with Gasteiger partial charge >= 0.3 is 11.9 Å². The van der Waals surface area contributed by atoms with E-state index in [0.29, 0.717) is 23.5 Å². The minimum atomic E-state index is -0.345. The Balaban J connectivity index is 0.000000248. The molecule has 0 aliphatic heterocycles. The number of phenolic OH excluding ortho intramolecular Hbond substituents is 1.